The maximum absolute atomic E-state index is 11.7. The maximum atomic E-state index is 11.7. The first-order valence-corrected chi connectivity index (χ1v) is 7.55. The van der Waals surface area contributed by atoms with E-state index >= 15 is 0 Å². The van der Waals surface area contributed by atoms with Gasteiger partial charge in [-0.05, 0) is 43.2 Å². The Balaban J connectivity index is 2.18. The van der Waals surface area contributed by atoms with Crippen molar-refractivity contribution in [3.63, 3.8) is 0 Å². The molecule has 0 aromatic heterocycles. The van der Waals surface area contributed by atoms with Gasteiger partial charge in [-0.25, -0.2) is 0 Å². The third-order valence-corrected chi connectivity index (χ3v) is 4.57. The normalized spacial score (nSPS) is 24.9. The molecule has 3 heteroatoms. The van der Waals surface area contributed by atoms with Crippen LogP contribution in [0.15, 0.2) is 24.3 Å². The molecule has 0 saturated heterocycles. The van der Waals surface area contributed by atoms with Crippen molar-refractivity contribution in [3.05, 3.63) is 35.4 Å². The summed E-state index contributed by atoms with van der Waals surface area (Å²) in [7, 11) is 0. The van der Waals surface area contributed by atoms with Gasteiger partial charge in [0.15, 0.2) is 0 Å². The number of aliphatic hydroxyl groups excluding tert-OH is 1. The SMILES string of the molecule is Cc1ccccc1CC(C(=O)O)C1CCCCCC1O. The highest BCUT2D eigenvalue weighted by Gasteiger charge is 2.34. The molecule has 3 unspecified atom stereocenters. The molecule has 0 aliphatic heterocycles. The van der Waals surface area contributed by atoms with E-state index in [9.17, 15) is 15.0 Å². The molecule has 1 saturated carbocycles. The van der Waals surface area contributed by atoms with Gasteiger partial charge < -0.3 is 10.2 Å². The Kier molecular flexibility index (Phi) is 5.18. The first-order chi connectivity index (χ1) is 9.59. The number of carboxylic acid groups (broad SMARTS) is 1. The van der Waals surface area contributed by atoms with Crippen molar-refractivity contribution in [3.8, 4) is 0 Å². The van der Waals surface area contributed by atoms with Crippen LogP contribution >= 0.6 is 0 Å². The van der Waals surface area contributed by atoms with Crippen LogP contribution in [0.1, 0.15) is 43.2 Å². The van der Waals surface area contributed by atoms with Crippen molar-refractivity contribution in [1.82, 2.24) is 0 Å². The summed E-state index contributed by atoms with van der Waals surface area (Å²) in [5.74, 6) is -1.38. The quantitative estimate of drug-likeness (QED) is 0.830. The van der Waals surface area contributed by atoms with E-state index in [2.05, 4.69) is 0 Å². The fourth-order valence-corrected chi connectivity index (χ4v) is 3.28. The average Bonchev–Trinajstić information content (AvgIpc) is 2.62. The van der Waals surface area contributed by atoms with Crippen LogP contribution in [0.3, 0.4) is 0 Å². The van der Waals surface area contributed by atoms with Gasteiger partial charge in [-0.2, -0.15) is 0 Å². The molecule has 0 amide bonds. The van der Waals surface area contributed by atoms with Gasteiger partial charge in [0, 0.05) is 0 Å². The lowest BCUT2D eigenvalue weighted by Gasteiger charge is -2.27. The van der Waals surface area contributed by atoms with E-state index < -0.39 is 18.0 Å². The summed E-state index contributed by atoms with van der Waals surface area (Å²) in [6, 6.07) is 7.92. The molecule has 1 aliphatic carbocycles. The van der Waals surface area contributed by atoms with Gasteiger partial charge in [0.1, 0.15) is 0 Å². The van der Waals surface area contributed by atoms with Crippen molar-refractivity contribution in [2.45, 2.75) is 51.6 Å². The van der Waals surface area contributed by atoms with Gasteiger partial charge in [-0.15, -0.1) is 0 Å². The second-order valence-corrected chi connectivity index (χ2v) is 5.94. The highest BCUT2D eigenvalue weighted by atomic mass is 16.4. The monoisotopic (exact) mass is 276 g/mol. The van der Waals surface area contributed by atoms with Gasteiger partial charge in [0.25, 0.3) is 0 Å². The number of aliphatic hydroxyl groups is 1. The van der Waals surface area contributed by atoms with E-state index in [0.717, 1.165) is 43.2 Å². The standard InChI is InChI=1S/C17H24O3/c1-12-7-5-6-8-13(12)11-15(17(19)20)14-9-3-2-4-10-16(14)18/h5-8,14-16,18H,2-4,9-11H2,1H3,(H,19,20). The fraction of sp³-hybridized carbons (Fsp3) is 0.588. The Morgan fingerprint density at radius 3 is 2.65 bits per heavy atom. The Morgan fingerprint density at radius 2 is 1.95 bits per heavy atom. The van der Waals surface area contributed by atoms with Crippen molar-refractivity contribution in [2.75, 3.05) is 0 Å². The van der Waals surface area contributed by atoms with E-state index in [1.54, 1.807) is 0 Å². The zero-order valence-corrected chi connectivity index (χ0v) is 12.1. The van der Waals surface area contributed by atoms with Crippen molar-refractivity contribution >= 4 is 5.97 Å². The Labute approximate surface area is 120 Å². The van der Waals surface area contributed by atoms with Crippen molar-refractivity contribution < 1.29 is 15.0 Å². The third kappa shape index (κ3) is 3.60. The predicted molar refractivity (Wildman–Crippen MR) is 78.6 cm³/mol. The highest BCUT2D eigenvalue weighted by molar-refractivity contribution is 5.71. The molecule has 1 aliphatic rings. The molecule has 1 fully saturated rings. The second-order valence-electron chi connectivity index (χ2n) is 5.94. The van der Waals surface area contributed by atoms with Crippen molar-refractivity contribution in [2.24, 2.45) is 11.8 Å². The summed E-state index contributed by atoms with van der Waals surface area (Å²) in [5.41, 5.74) is 2.21. The molecular weight excluding hydrogens is 252 g/mol. The number of aryl methyl sites for hydroxylation is 1. The third-order valence-electron chi connectivity index (χ3n) is 4.57. The smallest absolute Gasteiger partial charge is 0.307 e. The molecular formula is C17H24O3. The molecule has 1 aromatic rings. The Bertz CT molecular complexity index is 455. The maximum Gasteiger partial charge on any atom is 0.307 e. The lowest BCUT2D eigenvalue weighted by Crippen LogP contribution is -2.33. The largest absolute Gasteiger partial charge is 0.481 e. The lowest BCUT2D eigenvalue weighted by molar-refractivity contribution is -0.145. The molecule has 0 spiro atoms. The fourth-order valence-electron chi connectivity index (χ4n) is 3.28. The summed E-state index contributed by atoms with van der Waals surface area (Å²) in [5, 5.41) is 19.8. The van der Waals surface area contributed by atoms with E-state index in [4.69, 9.17) is 0 Å². The van der Waals surface area contributed by atoms with Gasteiger partial charge in [0.05, 0.1) is 12.0 Å². The minimum absolute atomic E-state index is 0.116. The number of hydrogen-bond donors (Lipinski definition) is 2. The Hall–Kier alpha value is -1.35. The number of hydrogen-bond acceptors (Lipinski definition) is 2. The van der Waals surface area contributed by atoms with Crippen LogP contribution in [0.4, 0.5) is 0 Å². The number of benzene rings is 1. The van der Waals surface area contributed by atoms with Gasteiger partial charge in [0.2, 0.25) is 0 Å². The summed E-state index contributed by atoms with van der Waals surface area (Å²) >= 11 is 0. The van der Waals surface area contributed by atoms with Crippen LogP contribution in [-0.4, -0.2) is 22.3 Å². The first-order valence-electron chi connectivity index (χ1n) is 7.55. The van der Waals surface area contributed by atoms with E-state index in [-0.39, 0.29) is 5.92 Å². The van der Waals surface area contributed by atoms with Gasteiger partial charge in [-0.3, -0.25) is 4.79 Å². The molecule has 0 radical (unpaired) electrons. The molecule has 2 N–H and O–H groups in total. The molecule has 3 nitrogen and oxygen atoms in total. The van der Waals surface area contributed by atoms with Gasteiger partial charge in [-0.1, -0.05) is 43.5 Å². The molecule has 1 aromatic carbocycles. The van der Waals surface area contributed by atoms with Crippen LogP contribution in [0.25, 0.3) is 0 Å². The van der Waals surface area contributed by atoms with Crippen LogP contribution in [0.2, 0.25) is 0 Å². The molecule has 3 atom stereocenters. The molecule has 0 bridgehead atoms. The highest BCUT2D eigenvalue weighted by Crippen LogP contribution is 2.32. The van der Waals surface area contributed by atoms with Gasteiger partial charge >= 0.3 is 5.97 Å². The number of carboxylic acids is 1. The first kappa shape index (κ1) is 15.0. The molecule has 2 rings (SSSR count). The van der Waals surface area contributed by atoms with Crippen LogP contribution in [-0.2, 0) is 11.2 Å². The van der Waals surface area contributed by atoms with Crippen LogP contribution in [0.5, 0.6) is 0 Å². The summed E-state index contributed by atoms with van der Waals surface area (Å²) < 4.78 is 0. The Morgan fingerprint density at radius 1 is 1.25 bits per heavy atom. The van der Waals surface area contributed by atoms with E-state index in [0.29, 0.717) is 6.42 Å². The summed E-state index contributed by atoms with van der Waals surface area (Å²) in [6.07, 6.45) is 4.75. The molecule has 0 heterocycles. The lowest BCUT2D eigenvalue weighted by atomic mass is 9.80. The summed E-state index contributed by atoms with van der Waals surface area (Å²) in [4.78, 5) is 11.7. The van der Waals surface area contributed by atoms with Crippen LogP contribution < -0.4 is 0 Å². The topological polar surface area (TPSA) is 57.5 Å². The van der Waals surface area contributed by atoms with E-state index in [1.165, 1.54) is 0 Å². The minimum atomic E-state index is -0.779. The molecule has 20 heavy (non-hydrogen) atoms. The molecule has 110 valence electrons. The number of carbonyl (C=O) groups is 1. The van der Waals surface area contributed by atoms with E-state index in [1.807, 2.05) is 31.2 Å². The minimum Gasteiger partial charge on any atom is -0.481 e. The number of rotatable bonds is 4. The summed E-state index contributed by atoms with van der Waals surface area (Å²) in [6.45, 7) is 2.01. The zero-order valence-electron chi connectivity index (χ0n) is 12.1. The number of aliphatic carboxylic acids is 1. The van der Waals surface area contributed by atoms with Crippen LogP contribution in [0, 0.1) is 18.8 Å². The average molecular weight is 276 g/mol. The predicted octanol–water partition coefficient (Wildman–Crippen LogP) is 3.18. The van der Waals surface area contributed by atoms with Crippen molar-refractivity contribution in [1.29, 1.82) is 0 Å². The zero-order chi connectivity index (χ0) is 14.5. The second kappa shape index (κ2) is 6.89.